The number of carboxylic acids is 1. The standard InChI is InChI=1S/C10H9NO4S/c12-9(13)3-4-11-7(6-16-10(11)14)8-2-1-5-15-8/h1-2,5-6H,3-4H2,(H,12,13). The third kappa shape index (κ3) is 2.06. The normalized spacial score (nSPS) is 10.5. The van der Waals surface area contributed by atoms with Crippen LogP contribution in [0.3, 0.4) is 0 Å². The lowest BCUT2D eigenvalue weighted by Crippen LogP contribution is -2.16. The molecule has 0 saturated heterocycles. The van der Waals surface area contributed by atoms with Crippen LogP contribution in [0.5, 0.6) is 0 Å². The Kier molecular flexibility index (Phi) is 2.91. The average Bonchev–Trinajstić information content (AvgIpc) is 2.83. The number of thiazole rings is 1. The quantitative estimate of drug-likeness (QED) is 0.880. The van der Waals surface area contributed by atoms with Gasteiger partial charge in [-0.25, -0.2) is 0 Å². The molecule has 0 aliphatic rings. The van der Waals surface area contributed by atoms with E-state index < -0.39 is 5.97 Å². The van der Waals surface area contributed by atoms with Crippen molar-refractivity contribution in [3.63, 3.8) is 0 Å². The summed E-state index contributed by atoms with van der Waals surface area (Å²) in [5.41, 5.74) is 0.626. The van der Waals surface area contributed by atoms with E-state index in [4.69, 9.17) is 9.52 Å². The number of aromatic nitrogens is 1. The summed E-state index contributed by atoms with van der Waals surface area (Å²) in [6, 6.07) is 3.46. The minimum absolute atomic E-state index is 0.0790. The fourth-order valence-corrected chi connectivity index (χ4v) is 2.14. The lowest BCUT2D eigenvalue weighted by molar-refractivity contribution is -0.137. The fourth-order valence-electron chi connectivity index (χ4n) is 1.37. The van der Waals surface area contributed by atoms with Crippen molar-refractivity contribution in [3.8, 4) is 11.5 Å². The highest BCUT2D eigenvalue weighted by molar-refractivity contribution is 7.07. The van der Waals surface area contributed by atoms with Crippen molar-refractivity contribution in [2.45, 2.75) is 13.0 Å². The predicted octanol–water partition coefficient (Wildman–Crippen LogP) is 1.64. The Hall–Kier alpha value is -1.82. The number of furan rings is 1. The van der Waals surface area contributed by atoms with Gasteiger partial charge in [-0.1, -0.05) is 11.3 Å². The molecule has 1 N–H and O–H groups in total. The maximum atomic E-state index is 11.5. The second-order valence-corrected chi connectivity index (χ2v) is 3.98. The number of aliphatic carboxylic acids is 1. The Labute approximate surface area is 94.6 Å². The van der Waals surface area contributed by atoms with Crippen molar-refractivity contribution < 1.29 is 14.3 Å². The topological polar surface area (TPSA) is 72.4 Å². The van der Waals surface area contributed by atoms with Crippen molar-refractivity contribution in [3.05, 3.63) is 33.4 Å². The molecule has 2 aromatic heterocycles. The molecule has 84 valence electrons. The molecular formula is C10H9NO4S. The van der Waals surface area contributed by atoms with E-state index in [0.29, 0.717) is 11.5 Å². The summed E-state index contributed by atoms with van der Waals surface area (Å²) in [6.07, 6.45) is 1.43. The molecule has 0 atom stereocenters. The highest BCUT2D eigenvalue weighted by Gasteiger charge is 2.11. The van der Waals surface area contributed by atoms with Gasteiger partial charge in [0.2, 0.25) is 0 Å². The van der Waals surface area contributed by atoms with Crippen molar-refractivity contribution in [2.24, 2.45) is 0 Å². The van der Waals surface area contributed by atoms with Crippen LogP contribution in [-0.2, 0) is 11.3 Å². The van der Waals surface area contributed by atoms with Crippen molar-refractivity contribution >= 4 is 17.3 Å². The number of hydrogen-bond donors (Lipinski definition) is 1. The van der Waals surface area contributed by atoms with Gasteiger partial charge in [-0.3, -0.25) is 14.2 Å². The van der Waals surface area contributed by atoms with Gasteiger partial charge < -0.3 is 9.52 Å². The van der Waals surface area contributed by atoms with E-state index in [1.807, 2.05) is 0 Å². The lowest BCUT2D eigenvalue weighted by atomic mass is 10.3. The summed E-state index contributed by atoms with van der Waals surface area (Å²) in [6.45, 7) is 0.160. The number of hydrogen-bond acceptors (Lipinski definition) is 4. The maximum absolute atomic E-state index is 11.5. The van der Waals surface area contributed by atoms with Crippen molar-refractivity contribution in [1.29, 1.82) is 0 Å². The molecule has 2 rings (SSSR count). The zero-order valence-corrected chi connectivity index (χ0v) is 9.07. The Balaban J connectivity index is 2.33. The molecule has 6 heteroatoms. The van der Waals surface area contributed by atoms with Gasteiger partial charge in [0.1, 0.15) is 0 Å². The van der Waals surface area contributed by atoms with Crippen LogP contribution >= 0.6 is 11.3 Å². The van der Waals surface area contributed by atoms with E-state index in [1.54, 1.807) is 17.5 Å². The Morgan fingerprint density at radius 2 is 2.38 bits per heavy atom. The Morgan fingerprint density at radius 1 is 1.56 bits per heavy atom. The molecule has 0 saturated carbocycles. The van der Waals surface area contributed by atoms with Crippen LogP contribution in [0, 0.1) is 0 Å². The first-order chi connectivity index (χ1) is 7.68. The van der Waals surface area contributed by atoms with Crippen LogP contribution in [0.1, 0.15) is 6.42 Å². The second-order valence-electron chi connectivity index (χ2n) is 3.16. The fraction of sp³-hybridized carbons (Fsp3) is 0.200. The minimum atomic E-state index is -0.927. The van der Waals surface area contributed by atoms with Crippen molar-refractivity contribution in [2.75, 3.05) is 0 Å². The van der Waals surface area contributed by atoms with Gasteiger partial charge in [0.25, 0.3) is 0 Å². The van der Waals surface area contributed by atoms with Gasteiger partial charge in [-0.05, 0) is 12.1 Å². The Bertz CT molecular complexity index is 537. The SMILES string of the molecule is O=C(O)CCn1c(-c2ccco2)csc1=O. The highest BCUT2D eigenvalue weighted by Crippen LogP contribution is 2.20. The van der Waals surface area contributed by atoms with Gasteiger partial charge in [0.05, 0.1) is 18.4 Å². The first-order valence-corrected chi connectivity index (χ1v) is 5.50. The van der Waals surface area contributed by atoms with Gasteiger partial charge in [-0.2, -0.15) is 0 Å². The first kappa shape index (κ1) is 10.7. The van der Waals surface area contributed by atoms with Gasteiger partial charge in [-0.15, -0.1) is 0 Å². The largest absolute Gasteiger partial charge is 0.481 e. The van der Waals surface area contributed by atoms with Crippen LogP contribution in [0.2, 0.25) is 0 Å². The van der Waals surface area contributed by atoms with Crippen LogP contribution in [0.4, 0.5) is 0 Å². The molecule has 0 spiro atoms. The molecule has 0 radical (unpaired) electrons. The zero-order chi connectivity index (χ0) is 11.5. The molecule has 2 heterocycles. The Morgan fingerprint density at radius 3 is 3.00 bits per heavy atom. The van der Waals surface area contributed by atoms with E-state index in [9.17, 15) is 9.59 Å². The summed E-state index contributed by atoms with van der Waals surface area (Å²) in [7, 11) is 0. The van der Waals surface area contributed by atoms with Gasteiger partial charge in [0.15, 0.2) is 5.76 Å². The van der Waals surface area contributed by atoms with Gasteiger partial charge in [0, 0.05) is 11.9 Å². The first-order valence-electron chi connectivity index (χ1n) is 4.62. The zero-order valence-electron chi connectivity index (χ0n) is 8.25. The van der Waals surface area contributed by atoms with Crippen LogP contribution in [0.15, 0.2) is 33.0 Å². The van der Waals surface area contributed by atoms with E-state index in [0.717, 1.165) is 11.3 Å². The van der Waals surface area contributed by atoms with E-state index in [1.165, 1.54) is 10.8 Å². The number of rotatable bonds is 4. The third-order valence-corrected chi connectivity index (χ3v) is 2.87. The predicted molar refractivity (Wildman–Crippen MR) is 58.5 cm³/mol. The van der Waals surface area contributed by atoms with Crippen LogP contribution in [0.25, 0.3) is 11.5 Å². The number of carboxylic acid groups (broad SMARTS) is 1. The molecule has 0 bridgehead atoms. The molecule has 5 nitrogen and oxygen atoms in total. The molecular weight excluding hydrogens is 230 g/mol. The molecule has 0 aliphatic carbocycles. The third-order valence-electron chi connectivity index (χ3n) is 2.11. The lowest BCUT2D eigenvalue weighted by Gasteiger charge is -2.02. The number of nitrogens with zero attached hydrogens (tertiary/aromatic N) is 1. The molecule has 0 aliphatic heterocycles. The van der Waals surface area contributed by atoms with Crippen LogP contribution in [-0.4, -0.2) is 15.6 Å². The van der Waals surface area contributed by atoms with Gasteiger partial charge >= 0.3 is 10.8 Å². The van der Waals surface area contributed by atoms with E-state index >= 15 is 0 Å². The highest BCUT2D eigenvalue weighted by atomic mass is 32.1. The number of carbonyl (C=O) groups is 1. The van der Waals surface area contributed by atoms with Crippen molar-refractivity contribution in [1.82, 2.24) is 4.57 Å². The smallest absolute Gasteiger partial charge is 0.307 e. The molecule has 0 fully saturated rings. The molecule has 0 amide bonds. The molecule has 2 aromatic rings. The maximum Gasteiger partial charge on any atom is 0.307 e. The molecule has 16 heavy (non-hydrogen) atoms. The summed E-state index contributed by atoms with van der Waals surface area (Å²) in [5.74, 6) is -0.354. The van der Waals surface area contributed by atoms with Crippen LogP contribution < -0.4 is 4.87 Å². The second kappa shape index (κ2) is 4.36. The monoisotopic (exact) mass is 239 g/mol. The van der Waals surface area contributed by atoms with E-state index in [-0.39, 0.29) is 17.8 Å². The average molecular weight is 239 g/mol. The summed E-state index contributed by atoms with van der Waals surface area (Å²) in [4.78, 5) is 21.8. The summed E-state index contributed by atoms with van der Waals surface area (Å²) < 4.78 is 6.59. The van der Waals surface area contributed by atoms with E-state index in [2.05, 4.69) is 0 Å². The molecule has 0 aromatic carbocycles. The minimum Gasteiger partial charge on any atom is -0.481 e. The summed E-state index contributed by atoms with van der Waals surface area (Å²) >= 11 is 1.04. The molecule has 0 unspecified atom stereocenters. The summed E-state index contributed by atoms with van der Waals surface area (Å²) in [5, 5.41) is 10.3.